The van der Waals surface area contributed by atoms with Crippen LogP contribution in [-0.4, -0.2) is 33.7 Å². The smallest absolute Gasteiger partial charge is 0.327 e. The summed E-state index contributed by atoms with van der Waals surface area (Å²) in [4.78, 5) is 36.2. The normalized spacial score (nSPS) is 12.0. The van der Waals surface area contributed by atoms with Gasteiger partial charge in [0.25, 0.3) is 5.56 Å². The lowest BCUT2D eigenvalue weighted by Gasteiger charge is -2.28. The Balaban J connectivity index is 2.36. The minimum Gasteiger partial charge on any atom is -0.480 e. The van der Waals surface area contributed by atoms with E-state index < -0.39 is 12.0 Å². The first-order valence-electron chi connectivity index (χ1n) is 8.35. The van der Waals surface area contributed by atoms with Crippen molar-refractivity contribution in [2.75, 3.05) is 4.90 Å². The fourth-order valence-electron chi connectivity index (χ4n) is 2.95. The summed E-state index contributed by atoms with van der Waals surface area (Å²) in [5, 5.41) is 15.8. The molecule has 0 aliphatic heterocycles. The maximum Gasteiger partial charge on any atom is 0.327 e. The number of aromatic amines is 1. The highest BCUT2D eigenvalue weighted by molar-refractivity contribution is 5.88. The highest BCUT2D eigenvalue weighted by Gasteiger charge is 2.29. The summed E-state index contributed by atoms with van der Waals surface area (Å²) in [5.41, 5.74) is 3.40. The number of rotatable bonds is 7. The van der Waals surface area contributed by atoms with Crippen molar-refractivity contribution < 1.29 is 14.7 Å². The van der Waals surface area contributed by atoms with Crippen molar-refractivity contribution in [1.29, 1.82) is 0 Å². The van der Waals surface area contributed by atoms with Crippen LogP contribution in [0.5, 0.6) is 0 Å². The molecule has 0 saturated carbocycles. The second kappa shape index (κ2) is 7.95. The number of amides is 1. The minimum atomic E-state index is -1.05. The van der Waals surface area contributed by atoms with Crippen LogP contribution in [0.2, 0.25) is 0 Å². The predicted octanol–water partition coefficient (Wildman–Crippen LogP) is 2.05. The summed E-state index contributed by atoms with van der Waals surface area (Å²) in [6.07, 6.45) is 0.975. The van der Waals surface area contributed by atoms with E-state index in [1.807, 2.05) is 13.0 Å². The Hall–Kier alpha value is -2.96. The number of benzene rings is 1. The molecule has 1 amide bonds. The number of hydrogen-bond acceptors (Lipinski definition) is 4. The molecular formula is C19H23N3O4. The molecule has 1 atom stereocenters. The number of carboxylic acid groups (broad SMARTS) is 1. The van der Waals surface area contributed by atoms with E-state index in [-0.39, 0.29) is 11.5 Å². The van der Waals surface area contributed by atoms with Gasteiger partial charge in [-0.05, 0) is 49.1 Å². The Morgan fingerprint density at radius 3 is 2.50 bits per heavy atom. The van der Waals surface area contributed by atoms with Crippen LogP contribution in [0.3, 0.4) is 0 Å². The molecule has 0 radical (unpaired) electrons. The van der Waals surface area contributed by atoms with Gasteiger partial charge in [-0.25, -0.2) is 9.89 Å². The Kier molecular flexibility index (Phi) is 5.92. The summed E-state index contributed by atoms with van der Waals surface area (Å²) < 4.78 is 0. The molecule has 7 heteroatoms. The van der Waals surface area contributed by atoms with Gasteiger partial charge in [0.1, 0.15) is 6.04 Å². The summed E-state index contributed by atoms with van der Waals surface area (Å²) in [5.74, 6) is -1.29. The summed E-state index contributed by atoms with van der Waals surface area (Å²) >= 11 is 0. The van der Waals surface area contributed by atoms with Gasteiger partial charge < -0.3 is 10.0 Å². The first kappa shape index (κ1) is 19.4. The van der Waals surface area contributed by atoms with Crippen molar-refractivity contribution in [2.45, 2.75) is 40.2 Å². The van der Waals surface area contributed by atoms with Gasteiger partial charge in [-0.1, -0.05) is 19.9 Å². The lowest BCUT2D eigenvalue weighted by molar-refractivity contribution is -0.140. The second-order valence-electron chi connectivity index (χ2n) is 6.69. The number of hydrogen-bond donors (Lipinski definition) is 2. The zero-order valence-corrected chi connectivity index (χ0v) is 15.3. The fraction of sp³-hybridized carbons (Fsp3) is 0.368. The molecule has 7 nitrogen and oxygen atoms in total. The van der Waals surface area contributed by atoms with Gasteiger partial charge in [0.15, 0.2) is 0 Å². The lowest BCUT2D eigenvalue weighted by Crippen LogP contribution is -2.44. The molecule has 0 aliphatic carbocycles. The molecule has 0 fully saturated rings. The van der Waals surface area contributed by atoms with E-state index in [1.165, 1.54) is 4.90 Å². The molecule has 1 aromatic heterocycles. The molecule has 0 aliphatic rings. The highest BCUT2D eigenvalue weighted by Crippen LogP contribution is 2.24. The van der Waals surface area contributed by atoms with Gasteiger partial charge in [-0.15, -0.1) is 0 Å². The molecule has 2 rings (SSSR count). The Labute approximate surface area is 151 Å². The summed E-state index contributed by atoms with van der Waals surface area (Å²) in [6, 6.07) is 6.09. The van der Waals surface area contributed by atoms with E-state index in [9.17, 15) is 19.5 Å². The van der Waals surface area contributed by atoms with Crippen molar-refractivity contribution in [1.82, 2.24) is 10.2 Å². The van der Waals surface area contributed by atoms with Crippen molar-refractivity contribution in [3.8, 4) is 0 Å². The van der Waals surface area contributed by atoms with E-state index >= 15 is 0 Å². The Bertz CT molecular complexity index is 873. The van der Waals surface area contributed by atoms with E-state index in [1.54, 1.807) is 39.0 Å². The van der Waals surface area contributed by atoms with E-state index in [0.29, 0.717) is 24.1 Å². The highest BCUT2D eigenvalue weighted by atomic mass is 16.4. The summed E-state index contributed by atoms with van der Waals surface area (Å²) in [6.45, 7) is 7.19. The summed E-state index contributed by atoms with van der Waals surface area (Å²) in [7, 11) is 0. The number of carboxylic acids is 1. The fourth-order valence-corrected chi connectivity index (χ4v) is 2.95. The topological polar surface area (TPSA) is 103 Å². The number of aromatic nitrogens is 2. The second-order valence-corrected chi connectivity index (χ2v) is 6.69. The number of nitrogens with zero attached hydrogens (tertiary/aromatic N) is 2. The zero-order valence-electron chi connectivity index (χ0n) is 15.3. The Morgan fingerprint density at radius 1 is 1.27 bits per heavy atom. The van der Waals surface area contributed by atoms with Crippen LogP contribution >= 0.6 is 0 Å². The minimum absolute atomic E-state index is 0.237. The molecule has 0 spiro atoms. The van der Waals surface area contributed by atoms with Crippen LogP contribution in [0.1, 0.15) is 36.2 Å². The standard InChI is InChI=1S/C19H23N3O4/c1-11(2)17(19(25)26)22(10-23)16-6-5-14(12(3)7-16)9-15-8-13(4)20-21-18(15)24/h5-8,10-11,17H,9H2,1-4H3,(H,21,24)(H,25,26)/t17-/m1/s1. The largest absolute Gasteiger partial charge is 0.480 e. The zero-order chi connectivity index (χ0) is 19.4. The van der Waals surface area contributed by atoms with E-state index in [0.717, 1.165) is 16.8 Å². The number of anilines is 1. The SMILES string of the molecule is Cc1cc(Cc2ccc(N(C=O)[C@@H](C(=O)O)C(C)C)cc2C)c(=O)[nH]n1. The maximum atomic E-state index is 11.9. The molecule has 1 heterocycles. The third kappa shape index (κ3) is 4.17. The third-order valence-corrected chi connectivity index (χ3v) is 4.31. The molecule has 0 unspecified atom stereocenters. The lowest BCUT2D eigenvalue weighted by atomic mass is 9.98. The van der Waals surface area contributed by atoms with Gasteiger partial charge in [-0.2, -0.15) is 5.10 Å². The van der Waals surface area contributed by atoms with Gasteiger partial charge in [0.2, 0.25) is 6.41 Å². The number of aryl methyl sites for hydroxylation is 2. The number of carbonyl (C=O) groups excluding carboxylic acids is 1. The maximum absolute atomic E-state index is 11.9. The van der Waals surface area contributed by atoms with Crippen molar-refractivity contribution in [3.05, 3.63) is 57.0 Å². The number of aliphatic carboxylic acids is 1. The molecule has 1 aromatic carbocycles. The van der Waals surface area contributed by atoms with Crippen LogP contribution in [-0.2, 0) is 16.0 Å². The molecular weight excluding hydrogens is 334 g/mol. The first-order valence-corrected chi connectivity index (χ1v) is 8.35. The molecule has 138 valence electrons. The average molecular weight is 357 g/mol. The monoisotopic (exact) mass is 357 g/mol. The van der Waals surface area contributed by atoms with Crippen LogP contribution in [0.15, 0.2) is 29.1 Å². The Morgan fingerprint density at radius 2 is 1.96 bits per heavy atom. The molecule has 2 N–H and O–H groups in total. The van der Waals surface area contributed by atoms with Crippen molar-refractivity contribution >= 4 is 18.1 Å². The number of H-pyrrole nitrogens is 1. The van der Waals surface area contributed by atoms with E-state index in [2.05, 4.69) is 10.2 Å². The molecule has 0 bridgehead atoms. The van der Waals surface area contributed by atoms with Crippen molar-refractivity contribution in [2.24, 2.45) is 5.92 Å². The van der Waals surface area contributed by atoms with Crippen LogP contribution in [0.4, 0.5) is 5.69 Å². The predicted molar refractivity (Wildman–Crippen MR) is 98.4 cm³/mol. The first-order chi connectivity index (χ1) is 12.2. The van der Waals surface area contributed by atoms with Crippen molar-refractivity contribution in [3.63, 3.8) is 0 Å². The molecule has 0 saturated heterocycles. The van der Waals surface area contributed by atoms with Gasteiger partial charge in [0, 0.05) is 17.7 Å². The number of carbonyl (C=O) groups is 2. The van der Waals surface area contributed by atoms with Crippen LogP contribution in [0.25, 0.3) is 0 Å². The van der Waals surface area contributed by atoms with Gasteiger partial charge >= 0.3 is 5.97 Å². The third-order valence-electron chi connectivity index (χ3n) is 4.31. The van der Waals surface area contributed by atoms with Crippen LogP contribution < -0.4 is 10.5 Å². The van der Waals surface area contributed by atoms with Gasteiger partial charge in [-0.3, -0.25) is 9.59 Å². The van der Waals surface area contributed by atoms with Crippen LogP contribution in [0, 0.1) is 19.8 Å². The average Bonchev–Trinajstić information content (AvgIpc) is 2.56. The van der Waals surface area contributed by atoms with Gasteiger partial charge in [0.05, 0.1) is 5.69 Å². The van der Waals surface area contributed by atoms with E-state index in [4.69, 9.17) is 0 Å². The number of nitrogens with one attached hydrogen (secondary N) is 1. The quantitative estimate of drug-likeness (QED) is 0.738. The molecule has 2 aromatic rings. The molecule has 26 heavy (non-hydrogen) atoms.